The van der Waals surface area contributed by atoms with E-state index in [2.05, 4.69) is 23.5 Å². The third-order valence-corrected chi connectivity index (χ3v) is 3.04. The predicted octanol–water partition coefficient (Wildman–Crippen LogP) is 0.266. The minimum atomic E-state index is -3.04. The van der Waals surface area contributed by atoms with Crippen LogP contribution in [0.5, 0.6) is 0 Å². The van der Waals surface area contributed by atoms with E-state index in [4.69, 9.17) is 0 Å². The van der Waals surface area contributed by atoms with Gasteiger partial charge in [-0.05, 0) is 18.9 Å². The lowest BCUT2D eigenvalue weighted by molar-refractivity contribution is 0.293. The van der Waals surface area contributed by atoms with Crippen molar-refractivity contribution in [2.24, 2.45) is 5.92 Å². The van der Waals surface area contributed by atoms with E-state index in [1.807, 2.05) is 0 Å². The van der Waals surface area contributed by atoms with Crippen LogP contribution in [-0.4, -0.2) is 45.2 Å². The number of hydrogen-bond acceptors (Lipinski definition) is 3. The molecule has 1 aliphatic heterocycles. The Morgan fingerprint density at radius 2 is 2.14 bits per heavy atom. The molecular formula is C9H20N2O2S. The first-order valence-electron chi connectivity index (χ1n) is 5.06. The molecule has 0 spiro atoms. The lowest BCUT2D eigenvalue weighted by Crippen LogP contribution is -2.36. The predicted molar refractivity (Wildman–Crippen MR) is 57.7 cm³/mol. The zero-order chi connectivity index (χ0) is 10.8. The second-order valence-electron chi connectivity index (χ2n) is 4.53. The maximum Gasteiger partial charge on any atom is 0.208 e. The molecule has 0 aromatic carbocycles. The summed E-state index contributed by atoms with van der Waals surface area (Å²) in [5.41, 5.74) is 0. The molecular weight excluding hydrogens is 200 g/mol. The molecule has 0 aliphatic carbocycles. The van der Waals surface area contributed by atoms with Crippen molar-refractivity contribution < 1.29 is 8.42 Å². The van der Waals surface area contributed by atoms with E-state index < -0.39 is 10.0 Å². The Bertz CT molecular complexity index is 275. The first kappa shape index (κ1) is 11.9. The minimum Gasteiger partial charge on any atom is -0.301 e. The molecule has 0 radical (unpaired) electrons. The van der Waals surface area contributed by atoms with Gasteiger partial charge in [0.25, 0.3) is 0 Å². The van der Waals surface area contributed by atoms with Crippen molar-refractivity contribution in [3.05, 3.63) is 0 Å². The molecule has 1 heterocycles. The molecule has 0 aromatic rings. The van der Waals surface area contributed by atoms with Crippen LogP contribution in [0.25, 0.3) is 0 Å². The Hall–Kier alpha value is -0.130. The third-order valence-electron chi connectivity index (χ3n) is 2.28. The second-order valence-corrected chi connectivity index (χ2v) is 6.31. The molecule has 1 N–H and O–H groups in total. The van der Waals surface area contributed by atoms with Crippen LogP contribution < -0.4 is 4.72 Å². The van der Waals surface area contributed by atoms with E-state index in [1.54, 1.807) is 0 Å². The van der Waals surface area contributed by atoms with Crippen LogP contribution in [0.4, 0.5) is 0 Å². The van der Waals surface area contributed by atoms with Crippen molar-refractivity contribution in [3.63, 3.8) is 0 Å². The van der Waals surface area contributed by atoms with Crippen molar-refractivity contribution >= 4 is 10.0 Å². The van der Waals surface area contributed by atoms with E-state index in [0.717, 1.165) is 26.1 Å². The van der Waals surface area contributed by atoms with Gasteiger partial charge in [0, 0.05) is 19.1 Å². The molecule has 1 rings (SSSR count). The van der Waals surface area contributed by atoms with Gasteiger partial charge in [-0.2, -0.15) is 0 Å². The summed E-state index contributed by atoms with van der Waals surface area (Å²) in [5, 5.41) is 0. The van der Waals surface area contributed by atoms with Crippen molar-refractivity contribution in [2.45, 2.75) is 26.3 Å². The maximum absolute atomic E-state index is 11.0. The lowest BCUT2D eigenvalue weighted by atomic mass is 10.2. The van der Waals surface area contributed by atoms with Crippen LogP contribution in [0, 0.1) is 5.92 Å². The van der Waals surface area contributed by atoms with E-state index in [-0.39, 0.29) is 6.04 Å². The van der Waals surface area contributed by atoms with Crippen LogP contribution in [0.1, 0.15) is 20.3 Å². The summed E-state index contributed by atoms with van der Waals surface area (Å²) in [6.07, 6.45) is 2.15. The number of sulfonamides is 1. The van der Waals surface area contributed by atoms with Gasteiger partial charge in [-0.25, -0.2) is 13.1 Å². The van der Waals surface area contributed by atoms with Crippen molar-refractivity contribution in [1.29, 1.82) is 0 Å². The van der Waals surface area contributed by atoms with Crippen molar-refractivity contribution in [1.82, 2.24) is 9.62 Å². The molecule has 1 atom stereocenters. The number of nitrogens with zero attached hydrogens (tertiary/aromatic N) is 1. The highest BCUT2D eigenvalue weighted by atomic mass is 32.2. The summed E-state index contributed by atoms with van der Waals surface area (Å²) in [4.78, 5) is 2.31. The fraction of sp³-hybridized carbons (Fsp3) is 1.00. The van der Waals surface area contributed by atoms with E-state index in [9.17, 15) is 8.42 Å². The quantitative estimate of drug-likeness (QED) is 0.739. The molecule has 0 aromatic heterocycles. The van der Waals surface area contributed by atoms with Gasteiger partial charge in [0.05, 0.1) is 6.26 Å². The fourth-order valence-electron chi connectivity index (χ4n) is 1.91. The molecule has 0 bridgehead atoms. The van der Waals surface area contributed by atoms with Crippen LogP contribution in [0.3, 0.4) is 0 Å². The molecule has 5 heteroatoms. The van der Waals surface area contributed by atoms with Crippen LogP contribution >= 0.6 is 0 Å². The average Bonchev–Trinajstić information content (AvgIpc) is 2.30. The number of nitrogens with one attached hydrogen (secondary N) is 1. The van der Waals surface area contributed by atoms with E-state index in [1.165, 1.54) is 6.26 Å². The number of rotatable bonds is 4. The second kappa shape index (κ2) is 4.59. The van der Waals surface area contributed by atoms with Crippen LogP contribution in [0.15, 0.2) is 0 Å². The van der Waals surface area contributed by atoms with E-state index >= 15 is 0 Å². The molecule has 1 fully saturated rings. The fourth-order valence-corrected chi connectivity index (χ4v) is 2.71. The summed E-state index contributed by atoms with van der Waals surface area (Å²) in [5.74, 6) is 0.645. The lowest BCUT2D eigenvalue weighted by Gasteiger charge is -2.18. The first-order chi connectivity index (χ1) is 6.37. The highest BCUT2D eigenvalue weighted by Crippen LogP contribution is 2.11. The Kier molecular flexibility index (Phi) is 3.92. The van der Waals surface area contributed by atoms with Gasteiger partial charge in [-0.1, -0.05) is 13.8 Å². The van der Waals surface area contributed by atoms with Gasteiger partial charge >= 0.3 is 0 Å². The summed E-state index contributed by atoms with van der Waals surface area (Å²) >= 11 is 0. The number of likely N-dealkylation sites (tertiary alicyclic amines) is 1. The van der Waals surface area contributed by atoms with Gasteiger partial charge in [0.15, 0.2) is 0 Å². The molecule has 1 saturated heterocycles. The standard InChI is InChI=1S/C9H20N2O2S/c1-8(2)6-11-5-4-9(7-11)10-14(3,12)13/h8-10H,4-7H2,1-3H3. The Morgan fingerprint density at radius 3 is 2.64 bits per heavy atom. The summed E-state index contributed by atoms with van der Waals surface area (Å²) in [6, 6.07) is 0.115. The molecule has 0 saturated carbocycles. The third kappa shape index (κ3) is 4.39. The molecule has 84 valence electrons. The zero-order valence-electron chi connectivity index (χ0n) is 9.16. The largest absolute Gasteiger partial charge is 0.301 e. The maximum atomic E-state index is 11.0. The molecule has 1 unspecified atom stereocenters. The van der Waals surface area contributed by atoms with Gasteiger partial charge in [0.1, 0.15) is 0 Å². The minimum absolute atomic E-state index is 0.115. The molecule has 14 heavy (non-hydrogen) atoms. The molecule has 1 aliphatic rings. The summed E-state index contributed by atoms with van der Waals surface area (Å²) in [7, 11) is -3.04. The SMILES string of the molecule is CC(C)CN1CCC(NS(C)(=O)=O)C1. The first-order valence-corrected chi connectivity index (χ1v) is 6.95. The Labute approximate surface area is 86.7 Å². The highest BCUT2D eigenvalue weighted by molar-refractivity contribution is 7.88. The Balaban J connectivity index is 2.34. The van der Waals surface area contributed by atoms with Gasteiger partial charge in [-0.15, -0.1) is 0 Å². The number of hydrogen-bond donors (Lipinski definition) is 1. The summed E-state index contributed by atoms with van der Waals surface area (Å²) < 4.78 is 24.6. The monoisotopic (exact) mass is 220 g/mol. The van der Waals surface area contributed by atoms with Gasteiger partial charge in [0.2, 0.25) is 10.0 Å². The normalized spacial score (nSPS) is 24.7. The smallest absolute Gasteiger partial charge is 0.208 e. The topological polar surface area (TPSA) is 49.4 Å². The highest BCUT2D eigenvalue weighted by Gasteiger charge is 2.24. The van der Waals surface area contributed by atoms with Crippen LogP contribution in [-0.2, 0) is 10.0 Å². The molecule has 4 nitrogen and oxygen atoms in total. The average molecular weight is 220 g/mol. The van der Waals surface area contributed by atoms with Crippen molar-refractivity contribution in [2.75, 3.05) is 25.9 Å². The molecule has 0 amide bonds. The zero-order valence-corrected chi connectivity index (χ0v) is 9.97. The van der Waals surface area contributed by atoms with E-state index in [0.29, 0.717) is 5.92 Å². The Morgan fingerprint density at radius 1 is 1.50 bits per heavy atom. The van der Waals surface area contributed by atoms with Crippen molar-refractivity contribution in [3.8, 4) is 0 Å². The summed E-state index contributed by atoms with van der Waals surface area (Å²) in [6.45, 7) is 7.27. The van der Waals surface area contributed by atoms with Crippen LogP contribution in [0.2, 0.25) is 0 Å². The van der Waals surface area contributed by atoms with Gasteiger partial charge in [-0.3, -0.25) is 0 Å². The van der Waals surface area contributed by atoms with Gasteiger partial charge < -0.3 is 4.90 Å².